The van der Waals surface area contributed by atoms with Crippen molar-refractivity contribution in [2.45, 2.75) is 29.5 Å². The highest BCUT2D eigenvalue weighted by Crippen LogP contribution is 2.46. The molecular weight excluding hydrogens is 470 g/mol. The SMILES string of the molecule is CCOC(=O)C1C(c2ccco2)N(C)C(c2ccco2)C(C(=O)c2ccc(Cl)cc2)S1(=O)=O. The molecule has 3 heterocycles. The Morgan fingerprint density at radius 3 is 2.00 bits per heavy atom. The average molecular weight is 492 g/mol. The van der Waals surface area contributed by atoms with Crippen LogP contribution < -0.4 is 0 Å². The van der Waals surface area contributed by atoms with Crippen molar-refractivity contribution in [2.75, 3.05) is 13.7 Å². The second kappa shape index (κ2) is 9.17. The molecule has 8 nitrogen and oxygen atoms in total. The third-order valence-corrected chi connectivity index (χ3v) is 8.32. The summed E-state index contributed by atoms with van der Waals surface area (Å²) < 4.78 is 44.2. The zero-order chi connectivity index (χ0) is 23.8. The average Bonchev–Trinajstić information content (AvgIpc) is 3.49. The lowest BCUT2D eigenvalue weighted by Crippen LogP contribution is -2.59. The molecule has 0 amide bonds. The summed E-state index contributed by atoms with van der Waals surface area (Å²) >= 11 is 5.94. The molecule has 0 saturated carbocycles. The van der Waals surface area contributed by atoms with E-state index in [1.807, 2.05) is 0 Å². The van der Waals surface area contributed by atoms with Gasteiger partial charge in [-0.15, -0.1) is 0 Å². The summed E-state index contributed by atoms with van der Waals surface area (Å²) in [5.41, 5.74) is 0.150. The lowest BCUT2D eigenvalue weighted by Gasteiger charge is -2.44. The van der Waals surface area contributed by atoms with Gasteiger partial charge in [-0.1, -0.05) is 11.6 Å². The number of rotatable bonds is 6. The molecule has 1 aliphatic heterocycles. The van der Waals surface area contributed by atoms with Gasteiger partial charge in [0.1, 0.15) is 16.8 Å². The summed E-state index contributed by atoms with van der Waals surface area (Å²) in [5, 5.41) is -2.91. The number of carbonyl (C=O) groups excluding carboxylic acids is 2. The van der Waals surface area contributed by atoms with Crippen molar-refractivity contribution in [2.24, 2.45) is 0 Å². The summed E-state index contributed by atoms with van der Waals surface area (Å²) in [6.45, 7) is 1.57. The van der Waals surface area contributed by atoms with E-state index in [-0.39, 0.29) is 23.7 Å². The Balaban J connectivity index is 1.92. The molecule has 10 heteroatoms. The van der Waals surface area contributed by atoms with Crippen LogP contribution in [0, 0.1) is 0 Å². The van der Waals surface area contributed by atoms with Gasteiger partial charge in [-0.05, 0) is 62.5 Å². The Morgan fingerprint density at radius 1 is 0.970 bits per heavy atom. The van der Waals surface area contributed by atoms with Crippen molar-refractivity contribution in [1.29, 1.82) is 0 Å². The number of ether oxygens (including phenoxy) is 1. The van der Waals surface area contributed by atoms with E-state index in [4.69, 9.17) is 25.2 Å². The highest BCUT2D eigenvalue weighted by atomic mass is 35.5. The summed E-state index contributed by atoms with van der Waals surface area (Å²) in [6.07, 6.45) is 2.80. The first-order valence-electron chi connectivity index (χ1n) is 10.2. The van der Waals surface area contributed by atoms with Gasteiger partial charge in [0.15, 0.2) is 20.9 Å². The van der Waals surface area contributed by atoms with Crippen molar-refractivity contribution >= 4 is 33.2 Å². The summed E-state index contributed by atoms with van der Waals surface area (Å²) in [7, 11) is -2.82. The molecule has 1 saturated heterocycles. The normalized spacial score (nSPS) is 24.9. The fourth-order valence-corrected chi connectivity index (χ4v) is 6.88. The first kappa shape index (κ1) is 23.3. The molecule has 0 spiro atoms. The van der Waals surface area contributed by atoms with Gasteiger partial charge in [-0.2, -0.15) is 0 Å². The molecule has 33 heavy (non-hydrogen) atoms. The molecule has 2 aromatic heterocycles. The minimum atomic E-state index is -4.45. The number of furan rings is 2. The molecule has 1 aliphatic rings. The van der Waals surface area contributed by atoms with Crippen molar-refractivity contribution < 1.29 is 31.6 Å². The monoisotopic (exact) mass is 491 g/mol. The van der Waals surface area contributed by atoms with Gasteiger partial charge in [0.2, 0.25) is 0 Å². The minimum absolute atomic E-state index is 0.0170. The first-order chi connectivity index (χ1) is 15.8. The van der Waals surface area contributed by atoms with Crippen molar-refractivity contribution in [3.8, 4) is 0 Å². The van der Waals surface area contributed by atoms with Gasteiger partial charge in [0.05, 0.1) is 31.2 Å². The van der Waals surface area contributed by atoms with E-state index in [0.29, 0.717) is 5.02 Å². The number of benzene rings is 1. The zero-order valence-electron chi connectivity index (χ0n) is 17.9. The number of esters is 1. The molecule has 0 aliphatic carbocycles. The number of hydrogen-bond acceptors (Lipinski definition) is 8. The van der Waals surface area contributed by atoms with Gasteiger partial charge >= 0.3 is 5.97 Å². The van der Waals surface area contributed by atoms with Crippen LogP contribution in [0.4, 0.5) is 0 Å². The van der Waals surface area contributed by atoms with Gasteiger partial charge in [-0.25, -0.2) is 8.42 Å². The third kappa shape index (κ3) is 4.12. The maximum atomic E-state index is 14.0. The van der Waals surface area contributed by atoms with E-state index in [2.05, 4.69) is 0 Å². The molecular formula is C23H22ClNO7S. The van der Waals surface area contributed by atoms with E-state index >= 15 is 0 Å². The van der Waals surface area contributed by atoms with E-state index in [9.17, 15) is 18.0 Å². The number of nitrogens with zero attached hydrogens (tertiary/aromatic N) is 1. The second-order valence-electron chi connectivity index (χ2n) is 7.64. The largest absolute Gasteiger partial charge is 0.468 e. The smallest absolute Gasteiger partial charge is 0.326 e. The number of ketones is 1. The highest BCUT2D eigenvalue weighted by Gasteiger charge is 2.60. The topological polar surface area (TPSA) is 107 Å². The molecule has 1 aromatic carbocycles. The first-order valence-corrected chi connectivity index (χ1v) is 12.2. The third-order valence-electron chi connectivity index (χ3n) is 5.73. The standard InChI is InChI=1S/C23H22ClNO7S/c1-3-30-23(27)22-19(17-7-5-13-32-17)25(2)18(16-6-4-12-31-16)21(33(22,28)29)20(26)14-8-10-15(24)11-9-14/h4-13,18-19,21-22H,3H2,1-2H3. The number of Topliss-reactive ketones (excluding diaryl/α,β-unsaturated/α-hetero) is 1. The Hall–Kier alpha value is -2.88. The number of halogens is 1. The number of hydrogen-bond donors (Lipinski definition) is 0. The molecule has 1 fully saturated rings. The van der Waals surface area contributed by atoms with Gasteiger partial charge < -0.3 is 13.6 Å². The van der Waals surface area contributed by atoms with Crippen LogP contribution in [0.2, 0.25) is 5.02 Å². The lowest BCUT2D eigenvalue weighted by atomic mass is 9.96. The van der Waals surface area contributed by atoms with Crippen LogP contribution >= 0.6 is 11.6 Å². The fraction of sp³-hybridized carbons (Fsp3) is 0.304. The molecule has 4 rings (SSSR count). The summed E-state index contributed by atoms with van der Waals surface area (Å²) in [4.78, 5) is 28.2. The van der Waals surface area contributed by atoms with Gasteiger partial charge in [0, 0.05) is 10.6 Å². The van der Waals surface area contributed by atoms with E-state index in [1.165, 1.54) is 36.8 Å². The molecule has 0 radical (unpaired) electrons. The maximum Gasteiger partial charge on any atom is 0.326 e. The Kier molecular flexibility index (Phi) is 6.47. The minimum Gasteiger partial charge on any atom is -0.468 e. The number of carbonyl (C=O) groups is 2. The lowest BCUT2D eigenvalue weighted by molar-refractivity contribution is -0.144. The predicted octanol–water partition coefficient (Wildman–Crippen LogP) is 3.85. The summed E-state index contributed by atoms with van der Waals surface area (Å²) in [5.74, 6) is -1.09. The Morgan fingerprint density at radius 2 is 1.52 bits per heavy atom. The maximum absolute atomic E-state index is 14.0. The van der Waals surface area contributed by atoms with Gasteiger partial charge in [0.25, 0.3) is 0 Å². The molecule has 0 bridgehead atoms. The van der Waals surface area contributed by atoms with Crippen molar-refractivity contribution in [3.05, 3.63) is 83.2 Å². The van der Waals surface area contributed by atoms with Crippen LogP contribution in [0.25, 0.3) is 0 Å². The molecule has 0 N–H and O–H groups in total. The second-order valence-corrected chi connectivity index (χ2v) is 10.3. The highest BCUT2D eigenvalue weighted by molar-refractivity contribution is 7.94. The summed E-state index contributed by atoms with van der Waals surface area (Å²) in [6, 6.07) is 10.3. The predicted molar refractivity (Wildman–Crippen MR) is 120 cm³/mol. The van der Waals surface area contributed by atoms with Crippen LogP contribution in [-0.4, -0.2) is 49.2 Å². The molecule has 4 atom stereocenters. The Bertz CT molecular complexity index is 1220. The fourth-order valence-electron chi connectivity index (χ4n) is 4.29. The van der Waals surface area contributed by atoms with E-state index in [1.54, 1.807) is 43.1 Å². The van der Waals surface area contributed by atoms with E-state index < -0.39 is 44.2 Å². The Labute approximate surface area is 196 Å². The van der Waals surface area contributed by atoms with Crippen molar-refractivity contribution in [1.82, 2.24) is 4.90 Å². The molecule has 174 valence electrons. The van der Waals surface area contributed by atoms with Crippen LogP contribution in [0.1, 0.15) is 40.9 Å². The molecule has 4 unspecified atom stereocenters. The van der Waals surface area contributed by atoms with Crippen LogP contribution in [0.5, 0.6) is 0 Å². The van der Waals surface area contributed by atoms with E-state index in [0.717, 1.165) is 0 Å². The van der Waals surface area contributed by atoms with Crippen LogP contribution in [-0.2, 0) is 19.4 Å². The van der Waals surface area contributed by atoms with Crippen molar-refractivity contribution in [3.63, 3.8) is 0 Å². The molecule has 3 aromatic rings. The van der Waals surface area contributed by atoms with Crippen LogP contribution in [0.3, 0.4) is 0 Å². The van der Waals surface area contributed by atoms with Gasteiger partial charge in [-0.3, -0.25) is 14.5 Å². The van der Waals surface area contributed by atoms with Crippen LogP contribution in [0.15, 0.2) is 69.9 Å². The number of sulfone groups is 1. The zero-order valence-corrected chi connectivity index (χ0v) is 19.5. The quantitative estimate of drug-likeness (QED) is 0.378.